The smallest absolute Gasteiger partial charge is 0.00460 e. The maximum absolute atomic E-state index is 3.71. The molecule has 0 radical (unpaired) electrons. The summed E-state index contributed by atoms with van der Waals surface area (Å²) in [5.74, 6) is 0. The second-order valence-corrected chi connectivity index (χ2v) is 19.0. The van der Waals surface area contributed by atoms with Gasteiger partial charge in [-0.15, -0.1) is 6.58 Å². The van der Waals surface area contributed by atoms with Gasteiger partial charge in [-0.1, -0.05) is 25.0 Å². The van der Waals surface area contributed by atoms with Crippen molar-refractivity contribution in [3.05, 3.63) is 12.7 Å². The fourth-order valence-corrected chi connectivity index (χ4v) is 9.16. The molecule has 0 saturated heterocycles. The molecule has 0 aliphatic heterocycles. The molecule has 0 rings (SSSR count). The molecule has 0 fully saturated rings. The van der Waals surface area contributed by atoms with Gasteiger partial charge in [-0.05, 0) is 24.7 Å². The predicted molar refractivity (Wildman–Crippen MR) is 55.9 cm³/mol. The summed E-state index contributed by atoms with van der Waals surface area (Å²) >= 11 is 0. The Kier molecular flexibility index (Phi) is 8.75. The summed E-state index contributed by atoms with van der Waals surface area (Å²) < 4.78 is 0. The van der Waals surface area contributed by atoms with Crippen LogP contribution < -0.4 is 0 Å². The lowest BCUT2D eigenvalue weighted by molar-refractivity contribution is 0.814. The van der Waals surface area contributed by atoms with Gasteiger partial charge < -0.3 is 0 Å². The summed E-state index contributed by atoms with van der Waals surface area (Å²) in [5.41, 5.74) is 0. The van der Waals surface area contributed by atoms with E-state index in [1.165, 1.54) is 19.3 Å². The molecule has 0 saturated carbocycles. The number of hydrogen-bond acceptors (Lipinski definition) is 0. The van der Waals surface area contributed by atoms with Gasteiger partial charge in [0.1, 0.15) is 0 Å². The van der Waals surface area contributed by atoms with Crippen molar-refractivity contribution in [1.82, 2.24) is 0 Å². The first-order valence-electron chi connectivity index (χ1n) is 4.02. The molecule has 0 heterocycles. The van der Waals surface area contributed by atoms with Crippen LogP contribution in [0.5, 0.6) is 0 Å². The van der Waals surface area contributed by atoms with Crippen molar-refractivity contribution in [3.8, 4) is 0 Å². The largest absolute Gasteiger partial charge is 0.103 e. The first-order chi connectivity index (χ1) is 4.41. The summed E-state index contributed by atoms with van der Waals surface area (Å²) in [6, 6.07) is 1.64. The minimum atomic E-state index is 0.560. The van der Waals surface area contributed by atoms with Crippen LogP contribution in [0.3, 0.4) is 0 Å². The number of rotatable bonds is 6. The van der Waals surface area contributed by atoms with Gasteiger partial charge in [-0.25, -0.2) is 0 Å². The average Bonchev–Trinajstić information content (AvgIpc) is 1.89. The van der Waals surface area contributed by atoms with Crippen molar-refractivity contribution >= 4 is 27.4 Å². The first kappa shape index (κ1) is 9.39. The molecule has 0 amide bonds. The average molecular weight is 174 g/mol. The minimum absolute atomic E-state index is 0.560. The lowest BCUT2D eigenvalue weighted by Crippen LogP contribution is -2.01. The maximum Gasteiger partial charge on any atom is 0.00460 e. The van der Waals surface area contributed by atoms with E-state index in [-0.39, 0.29) is 0 Å². The van der Waals surface area contributed by atoms with E-state index in [0.29, 0.717) is 17.6 Å². The topological polar surface area (TPSA) is 0 Å². The lowest BCUT2D eigenvalue weighted by atomic mass is 10.2. The third-order valence-electron chi connectivity index (χ3n) is 1.51. The molecule has 0 aromatic carbocycles. The summed E-state index contributed by atoms with van der Waals surface area (Å²) in [7, 11) is 2.78. The van der Waals surface area contributed by atoms with Crippen LogP contribution in [0.4, 0.5) is 0 Å². The summed E-state index contributed by atoms with van der Waals surface area (Å²) in [5, 5.41) is 0. The number of unbranched alkanes of at least 4 members (excludes halogenated alkanes) is 2. The van der Waals surface area contributed by atoms with Gasteiger partial charge in [0.2, 0.25) is 0 Å². The molecule has 3 heteroatoms. The Labute approximate surface area is 65.8 Å². The lowest BCUT2D eigenvalue weighted by Gasteiger charge is -1.93. The Morgan fingerprint density at radius 2 is 2.22 bits per heavy atom. The summed E-state index contributed by atoms with van der Waals surface area (Å²) in [6.07, 6.45) is 6.21. The Morgan fingerprint density at radius 3 is 2.78 bits per heavy atom. The fraction of sp³-hybridized carbons (Fsp3) is 0.667. The summed E-state index contributed by atoms with van der Waals surface area (Å²) in [4.78, 5) is 0. The molecule has 0 aliphatic rings. The fourth-order valence-electron chi connectivity index (χ4n) is 0.892. The van der Waals surface area contributed by atoms with Gasteiger partial charge in [0, 0.05) is 9.04 Å². The second kappa shape index (κ2) is 8.39. The summed E-state index contributed by atoms with van der Waals surface area (Å²) in [6.45, 7) is 3.71. The number of allylic oxidation sites excluding steroid dienone is 1. The van der Waals surface area contributed by atoms with E-state index in [9.17, 15) is 0 Å². The van der Waals surface area contributed by atoms with Gasteiger partial charge in [0.15, 0.2) is 0 Å². The monoisotopic (exact) mass is 174 g/mol. The molecule has 0 aromatic heterocycles. The highest BCUT2D eigenvalue weighted by Crippen LogP contribution is 1.98. The van der Waals surface area contributed by atoms with Gasteiger partial charge in [-0.2, -0.15) is 0 Å². The Bertz CT molecular complexity index is 63.3. The van der Waals surface area contributed by atoms with Crippen LogP contribution in [-0.4, -0.2) is 27.4 Å². The zero-order valence-corrected chi connectivity index (χ0v) is 11.4. The molecule has 9 heavy (non-hydrogen) atoms. The predicted octanol–water partition coefficient (Wildman–Crippen LogP) is -0.706. The minimum Gasteiger partial charge on any atom is -0.103 e. The SMILES string of the molecule is C=CCCCC[SiH2][SiH2][SiH3]. The van der Waals surface area contributed by atoms with E-state index in [0.717, 1.165) is 0 Å². The van der Waals surface area contributed by atoms with Crippen molar-refractivity contribution in [1.29, 1.82) is 0 Å². The normalized spacial score (nSPS) is 12.4. The first-order valence-corrected chi connectivity index (χ1v) is 14.7. The zero-order chi connectivity index (χ0) is 6.95. The van der Waals surface area contributed by atoms with Crippen molar-refractivity contribution in [2.75, 3.05) is 0 Å². The van der Waals surface area contributed by atoms with Crippen LogP contribution in [0.25, 0.3) is 0 Å². The molecular formula is C6H18Si3. The Morgan fingerprint density at radius 1 is 1.44 bits per heavy atom. The van der Waals surface area contributed by atoms with Crippen LogP contribution in [0.15, 0.2) is 12.7 Å². The van der Waals surface area contributed by atoms with Crippen LogP contribution >= 0.6 is 0 Å². The van der Waals surface area contributed by atoms with E-state index in [2.05, 4.69) is 6.58 Å². The van der Waals surface area contributed by atoms with E-state index in [1.54, 1.807) is 15.8 Å². The highest BCUT2D eigenvalue weighted by Gasteiger charge is 1.85. The second-order valence-electron chi connectivity index (χ2n) is 2.49. The molecule has 54 valence electrons. The highest BCUT2D eigenvalue weighted by molar-refractivity contribution is 7.23. The van der Waals surface area contributed by atoms with E-state index in [4.69, 9.17) is 0 Å². The van der Waals surface area contributed by atoms with Gasteiger partial charge in [0.25, 0.3) is 0 Å². The van der Waals surface area contributed by atoms with Gasteiger partial charge >= 0.3 is 0 Å². The van der Waals surface area contributed by atoms with E-state index in [1.807, 2.05) is 6.08 Å². The Hall–Kier alpha value is 0.391. The van der Waals surface area contributed by atoms with Crippen LogP contribution in [0.1, 0.15) is 19.3 Å². The van der Waals surface area contributed by atoms with E-state index >= 15 is 0 Å². The third kappa shape index (κ3) is 8.39. The van der Waals surface area contributed by atoms with Gasteiger partial charge in [-0.3, -0.25) is 0 Å². The molecule has 0 spiro atoms. The van der Waals surface area contributed by atoms with Crippen LogP contribution in [0.2, 0.25) is 6.04 Å². The molecule has 0 bridgehead atoms. The quantitative estimate of drug-likeness (QED) is 0.284. The van der Waals surface area contributed by atoms with E-state index < -0.39 is 0 Å². The standard InChI is InChI=1S/C6H18Si3/c1-2-3-4-5-6-8-9-7/h2H,1,3-6,8-9H2,7H3. The maximum atomic E-state index is 3.71. The zero-order valence-electron chi connectivity index (χ0n) is 6.53. The van der Waals surface area contributed by atoms with Gasteiger partial charge in [0.05, 0.1) is 0 Å². The molecular weight excluding hydrogens is 156 g/mol. The molecule has 0 unspecified atom stereocenters. The van der Waals surface area contributed by atoms with Crippen molar-refractivity contribution < 1.29 is 0 Å². The third-order valence-corrected chi connectivity index (χ3v) is 13.2. The molecule has 0 atom stereocenters. The highest BCUT2D eigenvalue weighted by atomic mass is 29.5. The van der Waals surface area contributed by atoms with Crippen LogP contribution in [-0.2, 0) is 0 Å². The van der Waals surface area contributed by atoms with Crippen molar-refractivity contribution in [2.45, 2.75) is 25.3 Å². The molecule has 0 nitrogen and oxygen atoms in total. The van der Waals surface area contributed by atoms with Crippen molar-refractivity contribution in [3.63, 3.8) is 0 Å². The van der Waals surface area contributed by atoms with Crippen LogP contribution in [0, 0.1) is 0 Å². The molecule has 0 N–H and O–H groups in total. The molecule has 0 aliphatic carbocycles. The Balaban J connectivity index is 2.66. The van der Waals surface area contributed by atoms with Crippen molar-refractivity contribution in [2.24, 2.45) is 0 Å². The number of hydrogen-bond donors (Lipinski definition) is 0. The molecule has 0 aromatic rings.